The average molecular weight is 264 g/mol. The van der Waals surface area contributed by atoms with Crippen LogP contribution < -0.4 is 0 Å². The van der Waals surface area contributed by atoms with Crippen molar-refractivity contribution in [3.63, 3.8) is 0 Å². The van der Waals surface area contributed by atoms with Gasteiger partial charge in [-0.15, -0.1) is 0 Å². The van der Waals surface area contributed by atoms with Gasteiger partial charge in [-0.1, -0.05) is 43.4 Å². The van der Waals surface area contributed by atoms with E-state index in [4.69, 9.17) is 0 Å². The van der Waals surface area contributed by atoms with Gasteiger partial charge in [-0.2, -0.15) is 0 Å². The van der Waals surface area contributed by atoms with Gasteiger partial charge in [0.05, 0.1) is 4.90 Å². The van der Waals surface area contributed by atoms with Crippen molar-refractivity contribution in [3.05, 3.63) is 48.1 Å². The lowest BCUT2D eigenvalue weighted by molar-refractivity contribution is 0.600. The summed E-state index contributed by atoms with van der Waals surface area (Å²) in [4.78, 5) is 0.374. The fourth-order valence-electron chi connectivity index (χ4n) is 1.74. The molecule has 2 nitrogen and oxygen atoms in total. The fourth-order valence-corrected chi connectivity index (χ4v) is 2.76. The maximum absolute atomic E-state index is 11.9. The minimum absolute atomic E-state index is 0.0221. The van der Waals surface area contributed by atoms with Crippen molar-refractivity contribution in [2.45, 2.75) is 31.6 Å². The molecule has 98 valence electrons. The number of benzene rings is 1. The smallest absolute Gasteiger partial charge is 0.175 e. The molecule has 0 heterocycles. The van der Waals surface area contributed by atoms with Crippen LogP contribution in [0.25, 0.3) is 5.57 Å². The summed E-state index contributed by atoms with van der Waals surface area (Å²) in [5, 5.41) is 0. The summed E-state index contributed by atoms with van der Waals surface area (Å²) in [6.45, 7) is 13.5. The Kier molecular flexibility index (Phi) is 4.17. The Morgan fingerprint density at radius 2 is 1.78 bits per heavy atom. The second kappa shape index (κ2) is 5.11. The largest absolute Gasteiger partial charge is 0.224 e. The van der Waals surface area contributed by atoms with Crippen LogP contribution in [0.4, 0.5) is 0 Å². The number of allylic oxidation sites excluding steroid dienone is 2. The van der Waals surface area contributed by atoms with Gasteiger partial charge in [0.25, 0.3) is 0 Å². The summed E-state index contributed by atoms with van der Waals surface area (Å²) in [5.41, 5.74) is 3.46. The molecule has 0 bridgehead atoms. The first kappa shape index (κ1) is 14.7. The Morgan fingerprint density at radius 3 is 2.17 bits per heavy atom. The molecule has 0 fully saturated rings. The molecule has 1 rings (SSSR count). The third kappa shape index (κ3) is 3.10. The van der Waals surface area contributed by atoms with Crippen LogP contribution in [-0.4, -0.2) is 14.7 Å². The molecule has 3 heteroatoms. The lowest BCUT2D eigenvalue weighted by Crippen LogP contribution is -2.06. The van der Waals surface area contributed by atoms with E-state index in [0.717, 1.165) is 22.3 Å². The predicted octanol–water partition coefficient (Wildman–Crippen LogP) is 3.80. The molecule has 1 unspecified atom stereocenters. The molecule has 0 saturated heterocycles. The molecule has 0 saturated carbocycles. The summed E-state index contributed by atoms with van der Waals surface area (Å²) in [7, 11) is -3.25. The number of sulfone groups is 1. The van der Waals surface area contributed by atoms with Crippen LogP contribution in [0.1, 0.15) is 37.8 Å². The highest BCUT2D eigenvalue weighted by atomic mass is 32.2. The number of rotatable bonds is 4. The summed E-state index contributed by atoms with van der Waals surface area (Å²) in [6, 6.07) is 5.47. The highest BCUT2D eigenvalue weighted by molar-refractivity contribution is 7.90. The summed E-state index contributed by atoms with van der Waals surface area (Å²) >= 11 is 0. The Labute approximate surface area is 110 Å². The second-order valence-electron chi connectivity index (χ2n) is 4.87. The summed E-state index contributed by atoms with van der Waals surface area (Å²) < 4.78 is 23.8. The molecule has 1 aromatic rings. The topological polar surface area (TPSA) is 34.1 Å². The summed E-state index contributed by atoms with van der Waals surface area (Å²) in [6.07, 6.45) is 1.24. The molecule has 0 aliphatic carbocycles. The van der Waals surface area contributed by atoms with Crippen molar-refractivity contribution in [3.8, 4) is 0 Å². The zero-order valence-electron chi connectivity index (χ0n) is 11.4. The van der Waals surface area contributed by atoms with Gasteiger partial charge in [0.1, 0.15) is 0 Å². The van der Waals surface area contributed by atoms with Crippen molar-refractivity contribution in [2.75, 3.05) is 6.26 Å². The number of hydrogen-bond donors (Lipinski definition) is 0. The van der Waals surface area contributed by atoms with Crippen molar-refractivity contribution < 1.29 is 8.42 Å². The SMILES string of the molecule is C=C(C)c1ccc(C(C)C(=C)C)c(S(C)(=O)=O)c1. The van der Waals surface area contributed by atoms with Gasteiger partial charge < -0.3 is 0 Å². The molecule has 0 N–H and O–H groups in total. The lowest BCUT2D eigenvalue weighted by atomic mass is 9.93. The van der Waals surface area contributed by atoms with Gasteiger partial charge >= 0.3 is 0 Å². The van der Waals surface area contributed by atoms with E-state index >= 15 is 0 Å². The summed E-state index contributed by atoms with van der Waals surface area (Å²) in [5.74, 6) is 0.0221. The third-order valence-electron chi connectivity index (χ3n) is 3.11. The molecule has 0 spiro atoms. The molecule has 0 radical (unpaired) electrons. The maximum atomic E-state index is 11.9. The minimum atomic E-state index is -3.25. The van der Waals surface area contributed by atoms with Gasteiger partial charge in [-0.3, -0.25) is 0 Å². The van der Waals surface area contributed by atoms with Crippen molar-refractivity contribution >= 4 is 15.4 Å². The second-order valence-corrected chi connectivity index (χ2v) is 6.86. The Morgan fingerprint density at radius 1 is 1.22 bits per heavy atom. The van der Waals surface area contributed by atoms with Crippen LogP contribution in [0.3, 0.4) is 0 Å². The van der Waals surface area contributed by atoms with E-state index in [1.165, 1.54) is 6.26 Å². The third-order valence-corrected chi connectivity index (χ3v) is 4.26. The molecule has 0 aromatic heterocycles. The van der Waals surface area contributed by atoms with Crippen LogP contribution in [0.5, 0.6) is 0 Å². The van der Waals surface area contributed by atoms with Crippen LogP contribution in [0, 0.1) is 0 Å². The molecule has 1 atom stereocenters. The van der Waals surface area contributed by atoms with Crippen LogP contribution >= 0.6 is 0 Å². The highest BCUT2D eigenvalue weighted by Gasteiger charge is 2.18. The predicted molar refractivity (Wildman–Crippen MR) is 77.5 cm³/mol. The molecular formula is C15H20O2S. The van der Waals surface area contributed by atoms with Gasteiger partial charge in [0, 0.05) is 12.2 Å². The van der Waals surface area contributed by atoms with Crippen molar-refractivity contribution in [2.24, 2.45) is 0 Å². The number of hydrogen-bond acceptors (Lipinski definition) is 2. The van der Waals surface area contributed by atoms with Crippen molar-refractivity contribution in [1.29, 1.82) is 0 Å². The lowest BCUT2D eigenvalue weighted by Gasteiger charge is -2.17. The van der Waals surface area contributed by atoms with E-state index in [-0.39, 0.29) is 5.92 Å². The standard InChI is InChI=1S/C15H20O2S/c1-10(2)12(5)14-8-7-13(11(3)4)9-15(14)18(6,16)17/h7-9,12H,1,3H2,2,4-6H3. The van der Waals surface area contributed by atoms with E-state index in [9.17, 15) is 8.42 Å². The van der Waals surface area contributed by atoms with Gasteiger partial charge in [0.15, 0.2) is 9.84 Å². The molecule has 0 aliphatic rings. The minimum Gasteiger partial charge on any atom is -0.224 e. The Hall–Kier alpha value is -1.35. The van der Waals surface area contributed by atoms with Crippen LogP contribution in [0.2, 0.25) is 0 Å². The zero-order valence-corrected chi connectivity index (χ0v) is 12.3. The Bertz CT molecular complexity index is 595. The van der Waals surface area contributed by atoms with Crippen LogP contribution in [0.15, 0.2) is 41.8 Å². The molecule has 0 amide bonds. The van der Waals surface area contributed by atoms with Gasteiger partial charge in [-0.25, -0.2) is 8.42 Å². The molecule has 18 heavy (non-hydrogen) atoms. The average Bonchev–Trinajstić information content (AvgIpc) is 2.25. The van der Waals surface area contributed by atoms with E-state index in [1.807, 2.05) is 32.9 Å². The van der Waals surface area contributed by atoms with Gasteiger partial charge in [-0.05, 0) is 31.0 Å². The Balaban J connectivity index is 3.54. The first-order valence-corrected chi connectivity index (χ1v) is 7.69. The first-order chi connectivity index (χ1) is 8.14. The molecule has 1 aromatic carbocycles. The van der Waals surface area contributed by atoms with E-state index in [2.05, 4.69) is 13.2 Å². The first-order valence-electron chi connectivity index (χ1n) is 5.80. The normalized spacial score (nSPS) is 13.1. The monoisotopic (exact) mass is 264 g/mol. The fraction of sp³-hybridized carbons (Fsp3) is 0.333. The molecular weight excluding hydrogens is 244 g/mol. The zero-order chi connectivity index (χ0) is 14.1. The van der Waals surface area contributed by atoms with E-state index in [1.54, 1.807) is 6.07 Å². The maximum Gasteiger partial charge on any atom is 0.175 e. The molecule has 0 aliphatic heterocycles. The highest BCUT2D eigenvalue weighted by Crippen LogP contribution is 2.30. The van der Waals surface area contributed by atoms with Gasteiger partial charge in [0.2, 0.25) is 0 Å². The van der Waals surface area contributed by atoms with Crippen LogP contribution in [-0.2, 0) is 9.84 Å². The van der Waals surface area contributed by atoms with Crippen molar-refractivity contribution in [1.82, 2.24) is 0 Å². The van der Waals surface area contributed by atoms with E-state index < -0.39 is 9.84 Å². The quantitative estimate of drug-likeness (QED) is 0.775. The van der Waals surface area contributed by atoms with E-state index in [0.29, 0.717) is 4.90 Å².